The summed E-state index contributed by atoms with van der Waals surface area (Å²) in [7, 11) is -3.46. The van der Waals surface area contributed by atoms with Gasteiger partial charge in [-0.15, -0.1) is 11.3 Å². The highest BCUT2D eigenvalue weighted by Gasteiger charge is 2.34. The van der Waals surface area contributed by atoms with Crippen LogP contribution in [0, 0.1) is 5.92 Å². The van der Waals surface area contributed by atoms with Gasteiger partial charge in [-0.05, 0) is 44.6 Å². The van der Waals surface area contributed by atoms with Gasteiger partial charge in [-0.2, -0.15) is 4.31 Å². The van der Waals surface area contributed by atoms with Crippen LogP contribution in [0.2, 0.25) is 0 Å². The molecular formula is C15H24N2O3S2. The second kappa shape index (κ2) is 6.68. The average molecular weight is 345 g/mol. The Kier molecular flexibility index (Phi) is 5.29. The molecule has 5 nitrogen and oxygen atoms in total. The number of nitrogens with one attached hydrogen (secondary N) is 1. The number of carbonyl (C=O) groups excluding carboxylic acids is 1. The normalized spacial score (nSPS) is 20.8. The van der Waals surface area contributed by atoms with Crippen LogP contribution in [0.5, 0.6) is 0 Å². The Morgan fingerprint density at radius 2 is 2.23 bits per heavy atom. The van der Waals surface area contributed by atoms with Crippen molar-refractivity contribution in [3.8, 4) is 0 Å². The number of rotatable bonds is 5. The minimum atomic E-state index is -3.46. The molecule has 0 aromatic carbocycles. The van der Waals surface area contributed by atoms with Gasteiger partial charge in [-0.1, -0.05) is 13.0 Å². The van der Waals surface area contributed by atoms with E-state index >= 15 is 0 Å². The molecule has 1 saturated heterocycles. The summed E-state index contributed by atoms with van der Waals surface area (Å²) in [6.45, 7) is 6.74. The molecule has 2 heterocycles. The lowest BCUT2D eigenvalue weighted by molar-refractivity contribution is -0.127. The summed E-state index contributed by atoms with van der Waals surface area (Å²) in [5.41, 5.74) is -0.258. The molecule has 1 fully saturated rings. The fourth-order valence-electron chi connectivity index (χ4n) is 2.44. The third-order valence-corrected chi connectivity index (χ3v) is 7.43. The highest BCUT2D eigenvalue weighted by Crippen LogP contribution is 2.26. The van der Waals surface area contributed by atoms with E-state index in [1.165, 1.54) is 15.6 Å². The molecule has 0 radical (unpaired) electrons. The number of piperidine rings is 1. The molecule has 0 spiro atoms. The molecule has 1 aliphatic heterocycles. The van der Waals surface area contributed by atoms with Crippen molar-refractivity contribution < 1.29 is 13.2 Å². The zero-order valence-electron chi connectivity index (χ0n) is 13.3. The molecule has 1 atom stereocenters. The van der Waals surface area contributed by atoms with Crippen LogP contribution in [0.25, 0.3) is 0 Å². The van der Waals surface area contributed by atoms with Crippen LogP contribution in [0.4, 0.5) is 0 Å². The van der Waals surface area contributed by atoms with E-state index in [2.05, 4.69) is 5.32 Å². The third-order valence-electron chi connectivity index (χ3n) is 4.19. The van der Waals surface area contributed by atoms with E-state index in [0.29, 0.717) is 10.8 Å². The molecule has 1 aromatic heterocycles. The van der Waals surface area contributed by atoms with Gasteiger partial charge in [0, 0.05) is 18.6 Å². The number of sulfonamides is 1. The summed E-state index contributed by atoms with van der Waals surface area (Å²) in [5, 5.41) is 4.78. The van der Waals surface area contributed by atoms with Crippen molar-refractivity contribution in [1.29, 1.82) is 0 Å². The Bertz CT molecular complexity index is 609. The zero-order chi connectivity index (χ0) is 16.4. The van der Waals surface area contributed by atoms with E-state index in [1.807, 2.05) is 20.8 Å². The largest absolute Gasteiger partial charge is 0.351 e. The highest BCUT2D eigenvalue weighted by atomic mass is 32.2. The average Bonchev–Trinajstić information content (AvgIpc) is 3.02. The number of nitrogens with zero attached hydrogens (tertiary/aromatic N) is 1. The lowest BCUT2D eigenvalue weighted by atomic mass is 9.95. The zero-order valence-corrected chi connectivity index (χ0v) is 15.0. The van der Waals surface area contributed by atoms with Crippen LogP contribution < -0.4 is 5.32 Å². The quantitative estimate of drug-likeness (QED) is 0.892. The maximum Gasteiger partial charge on any atom is 0.252 e. The molecule has 0 saturated carbocycles. The van der Waals surface area contributed by atoms with Crippen molar-refractivity contribution in [3.05, 3.63) is 17.5 Å². The Morgan fingerprint density at radius 3 is 2.82 bits per heavy atom. The second-order valence-corrected chi connectivity index (χ2v) is 9.47. The Balaban J connectivity index is 2.08. The van der Waals surface area contributed by atoms with Crippen molar-refractivity contribution in [1.82, 2.24) is 9.62 Å². The number of hydrogen-bond acceptors (Lipinski definition) is 4. The number of carbonyl (C=O) groups is 1. The fourth-order valence-corrected chi connectivity index (χ4v) is 5.10. The first-order chi connectivity index (χ1) is 10.3. The summed E-state index contributed by atoms with van der Waals surface area (Å²) < 4.78 is 26.9. The van der Waals surface area contributed by atoms with Gasteiger partial charge in [0.2, 0.25) is 5.91 Å². The highest BCUT2D eigenvalue weighted by molar-refractivity contribution is 7.91. The van der Waals surface area contributed by atoms with Gasteiger partial charge in [0.1, 0.15) is 4.21 Å². The molecule has 1 N–H and O–H groups in total. The number of hydrogen-bond donors (Lipinski definition) is 1. The van der Waals surface area contributed by atoms with E-state index in [4.69, 9.17) is 0 Å². The Morgan fingerprint density at radius 1 is 1.50 bits per heavy atom. The first-order valence-corrected chi connectivity index (χ1v) is 9.94. The van der Waals surface area contributed by atoms with Gasteiger partial charge in [-0.3, -0.25) is 4.79 Å². The standard InChI is InChI=1S/C15H24N2O3S2/c1-4-15(2,3)16-14(18)12-7-5-9-17(11-12)22(19,20)13-8-6-10-21-13/h6,8,10,12H,4-5,7,9,11H2,1-3H3,(H,16,18)/t12-/m0/s1. The third kappa shape index (κ3) is 3.88. The Labute approximate surface area is 136 Å². The molecular weight excluding hydrogens is 320 g/mol. The predicted octanol–water partition coefficient (Wildman–Crippen LogP) is 2.45. The van der Waals surface area contributed by atoms with Crippen molar-refractivity contribution in [2.75, 3.05) is 13.1 Å². The lowest BCUT2D eigenvalue weighted by Crippen LogP contribution is -2.50. The van der Waals surface area contributed by atoms with Crippen LogP contribution in [0.3, 0.4) is 0 Å². The minimum absolute atomic E-state index is 0.0436. The van der Waals surface area contributed by atoms with E-state index in [0.717, 1.165) is 19.3 Å². The van der Waals surface area contributed by atoms with Gasteiger partial charge < -0.3 is 5.32 Å². The SMILES string of the molecule is CCC(C)(C)NC(=O)[C@H]1CCCN(S(=O)(=O)c2cccs2)C1. The van der Waals surface area contributed by atoms with Crippen molar-refractivity contribution in [3.63, 3.8) is 0 Å². The van der Waals surface area contributed by atoms with E-state index in [1.54, 1.807) is 17.5 Å². The van der Waals surface area contributed by atoms with Gasteiger partial charge in [0.05, 0.1) is 5.92 Å². The van der Waals surface area contributed by atoms with Gasteiger partial charge in [-0.25, -0.2) is 8.42 Å². The Hall–Kier alpha value is -0.920. The predicted molar refractivity (Wildman–Crippen MR) is 88.3 cm³/mol. The van der Waals surface area contributed by atoms with Crippen LogP contribution in [0.1, 0.15) is 40.0 Å². The first kappa shape index (κ1) is 17.4. The summed E-state index contributed by atoms with van der Waals surface area (Å²) in [6.07, 6.45) is 2.29. The van der Waals surface area contributed by atoms with Gasteiger partial charge >= 0.3 is 0 Å². The van der Waals surface area contributed by atoms with E-state index in [-0.39, 0.29) is 23.9 Å². The molecule has 0 bridgehead atoms. The van der Waals surface area contributed by atoms with Crippen molar-refractivity contribution >= 4 is 27.3 Å². The molecule has 1 aliphatic rings. The summed E-state index contributed by atoms with van der Waals surface area (Å²) in [6, 6.07) is 3.35. The lowest BCUT2D eigenvalue weighted by Gasteiger charge is -2.33. The molecule has 124 valence electrons. The molecule has 22 heavy (non-hydrogen) atoms. The first-order valence-electron chi connectivity index (χ1n) is 7.62. The molecule has 0 unspecified atom stereocenters. The van der Waals surface area contributed by atoms with E-state index < -0.39 is 10.0 Å². The topological polar surface area (TPSA) is 66.5 Å². The van der Waals surface area contributed by atoms with Crippen LogP contribution in [0.15, 0.2) is 21.7 Å². The second-order valence-electron chi connectivity index (χ2n) is 6.36. The summed E-state index contributed by atoms with van der Waals surface area (Å²) in [5.74, 6) is -0.313. The summed E-state index contributed by atoms with van der Waals surface area (Å²) >= 11 is 1.22. The number of amides is 1. The maximum absolute atomic E-state index is 12.6. The number of thiophene rings is 1. The molecule has 1 aromatic rings. The minimum Gasteiger partial charge on any atom is -0.351 e. The van der Waals surface area contributed by atoms with Crippen molar-refractivity contribution in [2.24, 2.45) is 5.92 Å². The van der Waals surface area contributed by atoms with Crippen molar-refractivity contribution in [2.45, 2.75) is 49.8 Å². The summed E-state index contributed by atoms with van der Waals surface area (Å²) in [4.78, 5) is 12.4. The molecule has 2 rings (SSSR count). The molecule has 0 aliphatic carbocycles. The monoisotopic (exact) mass is 344 g/mol. The maximum atomic E-state index is 12.6. The van der Waals surface area contributed by atoms with Crippen LogP contribution in [-0.4, -0.2) is 37.3 Å². The molecule has 1 amide bonds. The van der Waals surface area contributed by atoms with E-state index in [9.17, 15) is 13.2 Å². The fraction of sp³-hybridized carbons (Fsp3) is 0.667. The molecule has 7 heteroatoms. The van der Waals surface area contributed by atoms with Gasteiger partial charge in [0.25, 0.3) is 10.0 Å². The smallest absolute Gasteiger partial charge is 0.252 e. The van der Waals surface area contributed by atoms with Crippen LogP contribution >= 0.6 is 11.3 Å². The van der Waals surface area contributed by atoms with Gasteiger partial charge in [0.15, 0.2) is 0 Å². The van der Waals surface area contributed by atoms with Crippen LogP contribution in [-0.2, 0) is 14.8 Å².